The van der Waals surface area contributed by atoms with E-state index in [0.717, 1.165) is 27.2 Å². The lowest BCUT2D eigenvalue weighted by Crippen LogP contribution is -2.28. The largest absolute Gasteiger partial charge is 0.369 e. The van der Waals surface area contributed by atoms with Crippen molar-refractivity contribution in [2.24, 2.45) is 11.3 Å². The van der Waals surface area contributed by atoms with Crippen LogP contribution in [0.3, 0.4) is 0 Å². The Bertz CT molecular complexity index is 426. The summed E-state index contributed by atoms with van der Waals surface area (Å²) in [5.74, 6) is 1.72. The zero-order chi connectivity index (χ0) is 13.9. The lowest BCUT2D eigenvalue weighted by molar-refractivity contribution is 0.252. The maximum Gasteiger partial charge on any atom is 0.140 e. The number of rotatable bonds is 5. The van der Waals surface area contributed by atoms with Crippen molar-refractivity contribution in [3.8, 4) is 0 Å². The van der Waals surface area contributed by atoms with Crippen molar-refractivity contribution in [1.82, 2.24) is 4.98 Å². The van der Waals surface area contributed by atoms with Crippen LogP contribution in [-0.4, -0.2) is 11.5 Å². The van der Waals surface area contributed by atoms with E-state index in [1.807, 2.05) is 12.3 Å². The zero-order valence-corrected chi connectivity index (χ0v) is 14.8. The van der Waals surface area contributed by atoms with Crippen molar-refractivity contribution >= 4 is 37.7 Å². The fraction of sp³-hybridized carbons (Fsp3) is 0.667. The standard InChI is InChI=1S/C15H22Br2N2/c1-11(2)8-15(5-3-4-6-15)10-19-14-13(17)7-12(16)9-18-14/h7,9,11H,3-6,8,10H2,1-2H3,(H,18,19). The van der Waals surface area contributed by atoms with E-state index in [9.17, 15) is 0 Å². The van der Waals surface area contributed by atoms with Gasteiger partial charge in [-0.3, -0.25) is 0 Å². The Morgan fingerprint density at radius 1 is 1.32 bits per heavy atom. The maximum absolute atomic E-state index is 4.44. The Balaban J connectivity index is 2.02. The summed E-state index contributed by atoms with van der Waals surface area (Å²) in [5, 5.41) is 3.55. The third kappa shape index (κ3) is 4.19. The molecule has 0 atom stereocenters. The number of nitrogens with one attached hydrogen (secondary N) is 1. The van der Waals surface area contributed by atoms with E-state index in [2.05, 4.69) is 56.0 Å². The fourth-order valence-corrected chi connectivity index (χ4v) is 4.39. The Labute approximate surface area is 133 Å². The number of hydrogen-bond acceptors (Lipinski definition) is 2. The second-order valence-corrected chi connectivity index (χ2v) is 7.91. The molecule has 0 radical (unpaired) electrons. The van der Waals surface area contributed by atoms with E-state index >= 15 is 0 Å². The quantitative estimate of drug-likeness (QED) is 0.706. The summed E-state index contributed by atoms with van der Waals surface area (Å²) in [6, 6.07) is 2.04. The summed E-state index contributed by atoms with van der Waals surface area (Å²) in [4.78, 5) is 4.44. The molecule has 1 fully saturated rings. The number of nitrogens with zero attached hydrogens (tertiary/aromatic N) is 1. The van der Waals surface area contributed by atoms with Gasteiger partial charge in [0.25, 0.3) is 0 Å². The zero-order valence-electron chi connectivity index (χ0n) is 11.7. The minimum atomic E-state index is 0.475. The van der Waals surface area contributed by atoms with Gasteiger partial charge >= 0.3 is 0 Å². The Hall–Kier alpha value is -0.0900. The van der Waals surface area contributed by atoms with Crippen molar-refractivity contribution in [2.45, 2.75) is 46.0 Å². The molecule has 2 rings (SSSR count). The number of hydrogen-bond donors (Lipinski definition) is 1. The summed E-state index contributed by atoms with van der Waals surface area (Å²) in [7, 11) is 0. The van der Waals surface area contributed by atoms with Crippen LogP contribution in [-0.2, 0) is 0 Å². The van der Waals surface area contributed by atoms with Crippen LogP contribution >= 0.6 is 31.9 Å². The van der Waals surface area contributed by atoms with Gasteiger partial charge in [0.15, 0.2) is 0 Å². The van der Waals surface area contributed by atoms with Crippen LogP contribution < -0.4 is 5.32 Å². The summed E-state index contributed by atoms with van der Waals surface area (Å²) >= 11 is 7.01. The topological polar surface area (TPSA) is 24.9 Å². The predicted molar refractivity (Wildman–Crippen MR) is 88.5 cm³/mol. The number of aromatic nitrogens is 1. The van der Waals surface area contributed by atoms with Crippen LogP contribution in [0.1, 0.15) is 46.0 Å². The molecular formula is C15H22Br2N2. The fourth-order valence-electron chi connectivity index (χ4n) is 3.26. The van der Waals surface area contributed by atoms with Crippen molar-refractivity contribution in [1.29, 1.82) is 0 Å². The van der Waals surface area contributed by atoms with Crippen LogP contribution in [0, 0.1) is 11.3 Å². The van der Waals surface area contributed by atoms with E-state index in [4.69, 9.17) is 0 Å². The molecule has 0 spiro atoms. The van der Waals surface area contributed by atoms with Crippen molar-refractivity contribution in [2.75, 3.05) is 11.9 Å². The molecule has 19 heavy (non-hydrogen) atoms. The smallest absolute Gasteiger partial charge is 0.140 e. The number of pyridine rings is 1. The molecule has 0 aromatic carbocycles. The van der Waals surface area contributed by atoms with Gasteiger partial charge in [-0.1, -0.05) is 26.7 Å². The normalized spacial score (nSPS) is 17.9. The molecule has 2 nitrogen and oxygen atoms in total. The molecule has 1 saturated carbocycles. The molecule has 1 N–H and O–H groups in total. The molecule has 4 heteroatoms. The highest BCUT2D eigenvalue weighted by atomic mass is 79.9. The number of anilines is 1. The summed E-state index contributed by atoms with van der Waals surface area (Å²) in [5.41, 5.74) is 0.475. The molecule has 0 bridgehead atoms. The average molecular weight is 390 g/mol. The summed E-state index contributed by atoms with van der Waals surface area (Å²) < 4.78 is 2.03. The molecule has 1 heterocycles. The van der Waals surface area contributed by atoms with Gasteiger partial charge in [0.1, 0.15) is 5.82 Å². The van der Waals surface area contributed by atoms with Crippen molar-refractivity contribution in [3.05, 3.63) is 21.2 Å². The first kappa shape index (κ1) is 15.3. The van der Waals surface area contributed by atoms with E-state index in [1.54, 1.807) is 0 Å². The van der Waals surface area contributed by atoms with E-state index in [0.29, 0.717) is 5.41 Å². The SMILES string of the molecule is CC(C)CC1(CNc2ncc(Br)cc2Br)CCCC1. The first-order valence-electron chi connectivity index (χ1n) is 7.06. The summed E-state index contributed by atoms with van der Waals surface area (Å²) in [6.07, 6.45) is 8.62. The predicted octanol–water partition coefficient (Wildman–Crippen LogP) is 5.63. The second-order valence-electron chi connectivity index (χ2n) is 6.14. The third-order valence-corrected chi connectivity index (χ3v) is 4.98. The molecule has 0 amide bonds. The molecule has 0 aliphatic heterocycles. The molecule has 1 aromatic heterocycles. The molecular weight excluding hydrogens is 368 g/mol. The van der Waals surface area contributed by atoms with Crippen molar-refractivity contribution in [3.63, 3.8) is 0 Å². The average Bonchev–Trinajstić information content (AvgIpc) is 2.76. The van der Waals surface area contributed by atoms with Gasteiger partial charge in [-0.2, -0.15) is 0 Å². The molecule has 1 aromatic rings. The van der Waals surface area contributed by atoms with Gasteiger partial charge in [-0.05, 0) is 68.5 Å². The lowest BCUT2D eigenvalue weighted by atomic mass is 9.78. The Kier molecular flexibility index (Phi) is 5.29. The maximum atomic E-state index is 4.44. The van der Waals surface area contributed by atoms with Crippen LogP contribution in [0.2, 0.25) is 0 Å². The van der Waals surface area contributed by atoms with Crippen LogP contribution in [0.25, 0.3) is 0 Å². The number of halogens is 2. The summed E-state index contributed by atoms with van der Waals surface area (Å²) in [6.45, 7) is 5.69. The van der Waals surface area contributed by atoms with Crippen LogP contribution in [0.4, 0.5) is 5.82 Å². The highest BCUT2D eigenvalue weighted by Crippen LogP contribution is 2.43. The molecule has 106 valence electrons. The first-order valence-corrected chi connectivity index (χ1v) is 8.64. The molecule has 1 aliphatic carbocycles. The van der Waals surface area contributed by atoms with Crippen LogP contribution in [0.5, 0.6) is 0 Å². The first-order chi connectivity index (χ1) is 9.01. The van der Waals surface area contributed by atoms with E-state index in [1.165, 1.54) is 32.1 Å². The molecule has 0 unspecified atom stereocenters. The van der Waals surface area contributed by atoms with Gasteiger partial charge in [-0.25, -0.2) is 4.98 Å². The third-order valence-electron chi connectivity index (χ3n) is 3.94. The minimum Gasteiger partial charge on any atom is -0.369 e. The second kappa shape index (κ2) is 6.57. The Morgan fingerprint density at radius 3 is 2.58 bits per heavy atom. The van der Waals surface area contributed by atoms with Crippen molar-refractivity contribution < 1.29 is 0 Å². The molecule has 0 saturated heterocycles. The van der Waals surface area contributed by atoms with Crippen LogP contribution in [0.15, 0.2) is 21.2 Å². The lowest BCUT2D eigenvalue weighted by Gasteiger charge is -2.31. The highest BCUT2D eigenvalue weighted by Gasteiger charge is 2.34. The van der Waals surface area contributed by atoms with Gasteiger partial charge < -0.3 is 5.32 Å². The van der Waals surface area contributed by atoms with Gasteiger partial charge in [0, 0.05) is 17.2 Å². The monoisotopic (exact) mass is 388 g/mol. The minimum absolute atomic E-state index is 0.475. The van der Waals surface area contributed by atoms with Gasteiger partial charge in [0.2, 0.25) is 0 Å². The highest BCUT2D eigenvalue weighted by molar-refractivity contribution is 9.11. The van der Waals surface area contributed by atoms with Gasteiger partial charge in [-0.15, -0.1) is 0 Å². The van der Waals surface area contributed by atoms with Gasteiger partial charge in [0.05, 0.1) is 4.47 Å². The Morgan fingerprint density at radius 2 is 2.00 bits per heavy atom. The van der Waals surface area contributed by atoms with E-state index < -0.39 is 0 Å². The molecule has 1 aliphatic rings. The van der Waals surface area contributed by atoms with E-state index in [-0.39, 0.29) is 0 Å².